The van der Waals surface area contributed by atoms with Crippen molar-refractivity contribution in [1.29, 1.82) is 0 Å². The van der Waals surface area contributed by atoms with Gasteiger partial charge in [0.1, 0.15) is 0 Å². The highest BCUT2D eigenvalue weighted by Gasteiger charge is 2.24. The molecule has 21 heavy (non-hydrogen) atoms. The number of rotatable bonds is 5. The Balaban J connectivity index is 1.99. The normalized spacial score (nSPS) is 14.8. The van der Waals surface area contributed by atoms with Gasteiger partial charge in [0.2, 0.25) is 15.9 Å². The van der Waals surface area contributed by atoms with Crippen LogP contribution in [0.4, 0.5) is 0 Å². The SMILES string of the molecule is NS(=O)(=O)CCCC(=O)N1CCn2ccc(C(=O)O)c2C1. The molecule has 0 spiro atoms. The highest BCUT2D eigenvalue weighted by Crippen LogP contribution is 2.19. The van der Waals surface area contributed by atoms with Crippen molar-refractivity contribution in [1.82, 2.24) is 9.47 Å². The van der Waals surface area contributed by atoms with E-state index >= 15 is 0 Å². The molecule has 0 atom stereocenters. The zero-order valence-corrected chi connectivity index (χ0v) is 12.2. The molecule has 0 saturated carbocycles. The van der Waals surface area contributed by atoms with Crippen molar-refractivity contribution in [2.75, 3.05) is 12.3 Å². The molecule has 3 N–H and O–H groups in total. The molecule has 0 bridgehead atoms. The van der Waals surface area contributed by atoms with E-state index in [4.69, 9.17) is 10.2 Å². The lowest BCUT2D eigenvalue weighted by molar-refractivity contribution is -0.132. The predicted molar refractivity (Wildman–Crippen MR) is 74.0 cm³/mol. The van der Waals surface area contributed by atoms with Crippen LogP contribution in [0.15, 0.2) is 12.3 Å². The Morgan fingerprint density at radius 1 is 1.33 bits per heavy atom. The number of carboxylic acid groups (broad SMARTS) is 1. The van der Waals surface area contributed by atoms with Gasteiger partial charge in [-0.15, -0.1) is 0 Å². The van der Waals surface area contributed by atoms with Crippen LogP contribution in [0, 0.1) is 0 Å². The van der Waals surface area contributed by atoms with Gasteiger partial charge in [-0.25, -0.2) is 18.4 Å². The summed E-state index contributed by atoms with van der Waals surface area (Å²) in [6.45, 7) is 1.24. The van der Waals surface area contributed by atoms with E-state index < -0.39 is 16.0 Å². The van der Waals surface area contributed by atoms with Crippen LogP contribution in [-0.4, -0.2) is 47.2 Å². The second kappa shape index (κ2) is 5.86. The molecule has 8 nitrogen and oxygen atoms in total. The van der Waals surface area contributed by atoms with Crippen molar-refractivity contribution >= 4 is 21.9 Å². The number of aromatic nitrogens is 1. The van der Waals surface area contributed by atoms with Gasteiger partial charge in [-0.05, 0) is 12.5 Å². The summed E-state index contributed by atoms with van der Waals surface area (Å²) < 4.78 is 23.5. The minimum atomic E-state index is -3.56. The second-order valence-corrected chi connectivity index (χ2v) is 6.69. The van der Waals surface area contributed by atoms with Crippen molar-refractivity contribution in [3.63, 3.8) is 0 Å². The number of carbonyl (C=O) groups excluding carboxylic acids is 1. The second-order valence-electron chi connectivity index (χ2n) is 4.96. The molecular formula is C12H17N3O5S. The Morgan fingerprint density at radius 2 is 2.05 bits per heavy atom. The quantitative estimate of drug-likeness (QED) is 0.765. The minimum absolute atomic E-state index is 0.0829. The lowest BCUT2D eigenvalue weighted by atomic mass is 10.2. The third-order valence-electron chi connectivity index (χ3n) is 3.43. The van der Waals surface area contributed by atoms with Gasteiger partial charge >= 0.3 is 5.97 Å². The number of primary sulfonamides is 1. The van der Waals surface area contributed by atoms with Gasteiger partial charge in [0, 0.05) is 25.7 Å². The maximum atomic E-state index is 12.0. The van der Waals surface area contributed by atoms with Crippen LogP contribution >= 0.6 is 0 Å². The molecule has 2 rings (SSSR count). The lowest BCUT2D eigenvalue weighted by Crippen LogP contribution is -2.38. The monoisotopic (exact) mass is 315 g/mol. The van der Waals surface area contributed by atoms with Crippen molar-refractivity contribution in [2.45, 2.75) is 25.9 Å². The number of hydrogen-bond acceptors (Lipinski definition) is 4. The summed E-state index contributed by atoms with van der Waals surface area (Å²) in [5.74, 6) is -1.45. The molecule has 1 aromatic heterocycles. The first-order valence-electron chi connectivity index (χ1n) is 6.47. The number of sulfonamides is 1. The molecule has 2 heterocycles. The number of fused-ring (bicyclic) bond motifs is 1. The summed E-state index contributed by atoms with van der Waals surface area (Å²) in [6, 6.07) is 1.52. The lowest BCUT2D eigenvalue weighted by Gasteiger charge is -2.29. The average Bonchev–Trinajstić information content (AvgIpc) is 2.79. The van der Waals surface area contributed by atoms with E-state index in [2.05, 4.69) is 0 Å². The number of carbonyl (C=O) groups is 2. The zero-order valence-electron chi connectivity index (χ0n) is 11.4. The van der Waals surface area contributed by atoms with E-state index in [0.717, 1.165) is 0 Å². The third-order valence-corrected chi connectivity index (χ3v) is 4.29. The fourth-order valence-electron chi connectivity index (χ4n) is 2.37. The fraction of sp³-hybridized carbons (Fsp3) is 0.500. The van der Waals surface area contributed by atoms with Crippen LogP contribution in [0.1, 0.15) is 28.9 Å². The molecule has 9 heteroatoms. The molecule has 1 aliphatic rings. The number of nitrogens with zero attached hydrogens (tertiary/aromatic N) is 2. The topological polar surface area (TPSA) is 123 Å². The summed E-state index contributed by atoms with van der Waals surface area (Å²) in [5, 5.41) is 14.0. The summed E-state index contributed by atoms with van der Waals surface area (Å²) >= 11 is 0. The number of nitrogens with two attached hydrogens (primary N) is 1. The maximum absolute atomic E-state index is 12.0. The summed E-state index contributed by atoms with van der Waals surface area (Å²) in [4.78, 5) is 24.7. The molecule has 1 aliphatic heterocycles. The molecule has 0 aliphatic carbocycles. The number of aromatic carboxylic acids is 1. The van der Waals surface area contributed by atoms with Crippen LogP contribution in [0.2, 0.25) is 0 Å². The summed E-state index contributed by atoms with van der Waals surface area (Å²) in [5.41, 5.74) is 0.783. The minimum Gasteiger partial charge on any atom is -0.478 e. The van der Waals surface area contributed by atoms with Crippen LogP contribution in [0.5, 0.6) is 0 Å². The zero-order chi connectivity index (χ0) is 15.6. The van der Waals surface area contributed by atoms with E-state index in [1.807, 2.05) is 4.57 Å². The Morgan fingerprint density at radius 3 is 2.67 bits per heavy atom. The van der Waals surface area contributed by atoms with Crippen molar-refractivity contribution in [3.8, 4) is 0 Å². The van der Waals surface area contributed by atoms with E-state index in [1.54, 1.807) is 11.1 Å². The van der Waals surface area contributed by atoms with Crippen molar-refractivity contribution in [2.24, 2.45) is 5.14 Å². The first kappa shape index (κ1) is 15.5. The van der Waals surface area contributed by atoms with Gasteiger partial charge in [0.25, 0.3) is 0 Å². The van der Waals surface area contributed by atoms with Crippen molar-refractivity contribution in [3.05, 3.63) is 23.5 Å². The highest BCUT2D eigenvalue weighted by molar-refractivity contribution is 7.89. The van der Waals surface area contributed by atoms with Crippen LogP contribution < -0.4 is 5.14 Å². The van der Waals surface area contributed by atoms with Gasteiger partial charge in [0.05, 0.1) is 23.6 Å². The average molecular weight is 315 g/mol. The highest BCUT2D eigenvalue weighted by atomic mass is 32.2. The molecule has 116 valence electrons. The van der Waals surface area contributed by atoms with Crippen LogP contribution in [0.25, 0.3) is 0 Å². The van der Waals surface area contributed by atoms with Gasteiger partial charge < -0.3 is 14.6 Å². The van der Waals surface area contributed by atoms with E-state index in [9.17, 15) is 18.0 Å². The predicted octanol–water partition coefficient (Wildman–Crippen LogP) is -0.403. The van der Waals surface area contributed by atoms with E-state index in [1.165, 1.54) is 6.07 Å². The molecule has 0 aromatic carbocycles. The van der Waals surface area contributed by atoms with Crippen LogP contribution in [-0.2, 0) is 27.9 Å². The molecule has 0 saturated heterocycles. The van der Waals surface area contributed by atoms with Gasteiger partial charge in [-0.1, -0.05) is 0 Å². The Kier molecular flexibility index (Phi) is 4.33. The summed E-state index contributed by atoms with van der Waals surface area (Å²) in [7, 11) is -3.56. The Labute approximate surface area is 122 Å². The number of hydrogen-bond donors (Lipinski definition) is 2. The van der Waals surface area contributed by atoms with Gasteiger partial charge in [-0.2, -0.15) is 0 Å². The largest absolute Gasteiger partial charge is 0.478 e. The summed E-state index contributed by atoms with van der Waals surface area (Å²) in [6.07, 6.45) is 1.95. The molecule has 1 amide bonds. The molecular weight excluding hydrogens is 298 g/mol. The van der Waals surface area contributed by atoms with E-state index in [-0.39, 0.29) is 36.6 Å². The molecule has 0 radical (unpaired) electrons. The van der Waals surface area contributed by atoms with E-state index in [0.29, 0.717) is 18.8 Å². The van der Waals surface area contributed by atoms with Gasteiger partial charge in [-0.3, -0.25) is 4.79 Å². The smallest absolute Gasteiger partial charge is 0.337 e. The standard InChI is InChI=1S/C12H17N3O5S/c13-21(19,20)7-1-2-11(16)15-6-5-14-4-3-9(12(17)18)10(14)8-15/h3-4H,1-2,5-8H2,(H,17,18)(H2,13,19,20). The number of amides is 1. The maximum Gasteiger partial charge on any atom is 0.337 e. The number of carboxylic acids is 1. The first-order chi connectivity index (χ1) is 9.78. The Hall–Kier alpha value is -1.87. The molecule has 0 fully saturated rings. The Bertz CT molecular complexity index is 664. The molecule has 1 aromatic rings. The third kappa shape index (κ3) is 3.82. The van der Waals surface area contributed by atoms with Crippen LogP contribution in [0.3, 0.4) is 0 Å². The van der Waals surface area contributed by atoms with Gasteiger partial charge in [0.15, 0.2) is 0 Å². The van der Waals surface area contributed by atoms with Crippen molar-refractivity contribution < 1.29 is 23.1 Å². The first-order valence-corrected chi connectivity index (χ1v) is 8.19. The molecule has 0 unspecified atom stereocenters. The fourth-order valence-corrected chi connectivity index (χ4v) is 2.92.